The largest absolute Gasteiger partial charge is 0.489 e. The van der Waals surface area contributed by atoms with E-state index in [0.717, 1.165) is 34.0 Å². The van der Waals surface area contributed by atoms with Gasteiger partial charge in [-0.25, -0.2) is 5.43 Å². The van der Waals surface area contributed by atoms with Gasteiger partial charge >= 0.3 is 0 Å². The zero-order chi connectivity index (χ0) is 28.8. The first-order valence-electron chi connectivity index (χ1n) is 13.2. The number of carbonyl (C=O) groups excluding carboxylic acids is 1. The quantitative estimate of drug-likeness (QED) is 0.154. The topological polar surface area (TPSA) is 75.9 Å². The number of aliphatic hydroxyl groups is 1. The highest BCUT2D eigenvalue weighted by Crippen LogP contribution is 2.30. The summed E-state index contributed by atoms with van der Waals surface area (Å²) in [4.78, 5) is 13.3. The molecule has 0 aliphatic carbocycles. The molecule has 0 radical (unpaired) electrons. The van der Waals surface area contributed by atoms with E-state index >= 15 is 0 Å². The second-order valence-corrected chi connectivity index (χ2v) is 10.1. The fourth-order valence-electron chi connectivity index (χ4n) is 4.78. The minimum atomic E-state index is -1.89. The van der Waals surface area contributed by atoms with Crippen LogP contribution < -0.4 is 10.2 Å². The van der Waals surface area contributed by atoms with E-state index in [1.54, 1.807) is 54.7 Å². The van der Waals surface area contributed by atoms with Crippen LogP contribution in [0.2, 0.25) is 5.02 Å². The Hall–Kier alpha value is -4.65. The molecule has 0 aliphatic heterocycles. The van der Waals surface area contributed by atoms with E-state index in [1.165, 1.54) is 0 Å². The Morgan fingerprint density at radius 3 is 2.07 bits per heavy atom. The summed E-state index contributed by atoms with van der Waals surface area (Å²) in [5, 5.41) is 16.5. The van der Waals surface area contributed by atoms with Crippen LogP contribution in [0, 0.1) is 13.8 Å². The normalized spacial score (nSPS) is 11.5. The van der Waals surface area contributed by atoms with Crippen molar-refractivity contribution in [1.82, 2.24) is 9.99 Å². The average Bonchev–Trinajstić information content (AvgIpc) is 3.29. The third-order valence-corrected chi connectivity index (χ3v) is 7.22. The highest BCUT2D eigenvalue weighted by Gasteiger charge is 2.39. The van der Waals surface area contributed by atoms with Crippen molar-refractivity contribution in [2.45, 2.75) is 26.1 Å². The molecule has 0 aliphatic rings. The number of carbonyl (C=O) groups is 1. The lowest BCUT2D eigenvalue weighted by Crippen LogP contribution is -2.43. The maximum absolute atomic E-state index is 13.3. The van der Waals surface area contributed by atoms with Crippen molar-refractivity contribution in [3.8, 4) is 11.4 Å². The summed E-state index contributed by atoms with van der Waals surface area (Å²) in [6.07, 6.45) is 1.59. The second-order valence-electron chi connectivity index (χ2n) is 9.71. The summed E-state index contributed by atoms with van der Waals surface area (Å²) in [6.45, 7) is 4.46. The smallest absolute Gasteiger partial charge is 0.281 e. The Labute approximate surface area is 244 Å². The number of nitrogens with one attached hydrogen (secondary N) is 1. The summed E-state index contributed by atoms with van der Waals surface area (Å²) in [7, 11) is 0. The van der Waals surface area contributed by atoms with E-state index in [-0.39, 0.29) is 0 Å². The number of hydrogen-bond acceptors (Lipinski definition) is 4. The minimum Gasteiger partial charge on any atom is -0.489 e. The van der Waals surface area contributed by atoms with Crippen molar-refractivity contribution in [2.75, 3.05) is 0 Å². The van der Waals surface area contributed by atoms with Crippen LogP contribution in [-0.4, -0.2) is 21.8 Å². The summed E-state index contributed by atoms with van der Waals surface area (Å²) in [5.74, 6) is 0.120. The van der Waals surface area contributed by atoms with E-state index in [1.807, 2.05) is 80.6 Å². The number of rotatable bonds is 9. The first kappa shape index (κ1) is 27.9. The van der Waals surface area contributed by atoms with E-state index in [0.29, 0.717) is 22.8 Å². The molecule has 0 bridgehead atoms. The van der Waals surface area contributed by atoms with E-state index in [2.05, 4.69) is 15.1 Å². The molecule has 6 nitrogen and oxygen atoms in total. The number of halogens is 1. The molecule has 0 spiro atoms. The van der Waals surface area contributed by atoms with E-state index < -0.39 is 11.5 Å². The Morgan fingerprint density at radius 1 is 0.902 bits per heavy atom. The lowest BCUT2D eigenvalue weighted by atomic mass is 9.85. The second kappa shape index (κ2) is 12.3. The van der Waals surface area contributed by atoms with Crippen LogP contribution >= 0.6 is 11.6 Å². The molecule has 0 atom stereocenters. The van der Waals surface area contributed by atoms with Crippen LogP contribution in [-0.2, 0) is 17.0 Å². The van der Waals surface area contributed by atoms with Gasteiger partial charge in [-0.05, 0) is 73.0 Å². The van der Waals surface area contributed by atoms with Gasteiger partial charge in [-0.2, -0.15) is 5.10 Å². The summed E-state index contributed by atoms with van der Waals surface area (Å²) >= 11 is 5.96. The Bertz CT molecular complexity index is 1610. The van der Waals surface area contributed by atoms with Gasteiger partial charge in [0.15, 0.2) is 5.60 Å². The number of hydrogen-bond donors (Lipinski definition) is 2. The highest BCUT2D eigenvalue weighted by atomic mass is 35.5. The summed E-state index contributed by atoms with van der Waals surface area (Å²) in [6, 6.07) is 35.1. The molecule has 1 heterocycles. The van der Waals surface area contributed by atoms with Crippen molar-refractivity contribution in [2.24, 2.45) is 5.10 Å². The van der Waals surface area contributed by atoms with Gasteiger partial charge in [0.25, 0.3) is 5.91 Å². The number of hydrazone groups is 1. The SMILES string of the molecule is Cc1cc(/C=N/NC(=O)C(O)(c2ccccc2)c2ccccc2)c(C)n1-c1ccc(OCc2ccc(Cl)cc2)cc1. The molecule has 1 amide bonds. The van der Waals surface area contributed by atoms with Crippen LogP contribution in [0.4, 0.5) is 0 Å². The number of nitrogens with zero attached hydrogens (tertiary/aromatic N) is 2. The number of benzene rings is 4. The van der Waals surface area contributed by atoms with Crippen molar-refractivity contribution < 1.29 is 14.6 Å². The molecule has 0 unspecified atom stereocenters. The maximum atomic E-state index is 13.3. The fourth-order valence-corrected chi connectivity index (χ4v) is 4.91. The monoisotopic (exact) mass is 563 g/mol. The Morgan fingerprint density at radius 2 is 1.49 bits per heavy atom. The van der Waals surface area contributed by atoms with Crippen molar-refractivity contribution in [3.05, 3.63) is 154 Å². The zero-order valence-corrected chi connectivity index (χ0v) is 23.5. The molecule has 4 aromatic carbocycles. The van der Waals surface area contributed by atoms with Gasteiger partial charge in [-0.1, -0.05) is 84.4 Å². The molecule has 41 heavy (non-hydrogen) atoms. The standard InChI is InChI=1S/C34H30ClN3O3/c1-24-21-27(22-36-37-33(39)34(40,28-9-5-3-6-10-28)29-11-7-4-8-12-29)25(2)38(24)31-17-19-32(20-18-31)41-23-26-13-15-30(35)16-14-26/h3-22,40H,23H2,1-2H3,(H,37,39)/b36-22+. The van der Waals surface area contributed by atoms with Crippen LogP contribution in [0.15, 0.2) is 120 Å². The lowest BCUT2D eigenvalue weighted by Gasteiger charge is -2.27. The van der Waals surface area contributed by atoms with E-state index in [4.69, 9.17) is 16.3 Å². The molecule has 5 aromatic rings. The molecular weight excluding hydrogens is 534 g/mol. The number of amides is 1. The number of aryl methyl sites for hydroxylation is 1. The number of aromatic nitrogens is 1. The number of ether oxygens (including phenoxy) is 1. The summed E-state index contributed by atoms with van der Waals surface area (Å²) < 4.78 is 8.03. The molecule has 7 heteroatoms. The molecule has 1 aromatic heterocycles. The Kier molecular flexibility index (Phi) is 8.34. The first-order valence-corrected chi connectivity index (χ1v) is 13.6. The van der Waals surface area contributed by atoms with Crippen LogP contribution in [0.3, 0.4) is 0 Å². The van der Waals surface area contributed by atoms with Crippen LogP contribution in [0.1, 0.15) is 33.6 Å². The third-order valence-electron chi connectivity index (χ3n) is 6.97. The van der Waals surface area contributed by atoms with Gasteiger partial charge < -0.3 is 14.4 Å². The molecule has 0 saturated carbocycles. The minimum absolute atomic E-state index is 0.452. The molecule has 206 valence electrons. The maximum Gasteiger partial charge on any atom is 0.281 e. The summed E-state index contributed by atoms with van der Waals surface area (Å²) in [5.41, 5.74) is 6.39. The van der Waals surface area contributed by atoms with Crippen molar-refractivity contribution in [1.29, 1.82) is 0 Å². The zero-order valence-electron chi connectivity index (χ0n) is 22.8. The Balaban J connectivity index is 1.30. The van der Waals surface area contributed by atoms with Gasteiger partial charge in [0.1, 0.15) is 12.4 Å². The van der Waals surface area contributed by atoms with Gasteiger partial charge in [0, 0.05) is 27.7 Å². The predicted molar refractivity (Wildman–Crippen MR) is 163 cm³/mol. The molecule has 2 N–H and O–H groups in total. The molecule has 5 rings (SSSR count). The van der Waals surface area contributed by atoms with Gasteiger partial charge in [-0.3, -0.25) is 4.79 Å². The highest BCUT2D eigenvalue weighted by molar-refractivity contribution is 6.30. The van der Waals surface area contributed by atoms with Crippen molar-refractivity contribution >= 4 is 23.7 Å². The third kappa shape index (κ3) is 6.09. The van der Waals surface area contributed by atoms with Crippen LogP contribution in [0.25, 0.3) is 5.69 Å². The van der Waals surface area contributed by atoms with Gasteiger partial charge in [0.05, 0.1) is 6.21 Å². The van der Waals surface area contributed by atoms with Crippen LogP contribution in [0.5, 0.6) is 5.75 Å². The van der Waals surface area contributed by atoms with E-state index in [9.17, 15) is 9.90 Å². The molecule has 0 saturated heterocycles. The fraction of sp³-hybridized carbons (Fsp3) is 0.118. The predicted octanol–water partition coefficient (Wildman–Crippen LogP) is 6.71. The average molecular weight is 564 g/mol. The lowest BCUT2D eigenvalue weighted by molar-refractivity contribution is -0.136. The molecule has 0 fully saturated rings. The van der Waals surface area contributed by atoms with Gasteiger partial charge in [0.2, 0.25) is 0 Å². The van der Waals surface area contributed by atoms with Gasteiger partial charge in [-0.15, -0.1) is 0 Å². The first-order chi connectivity index (χ1) is 19.9. The molecular formula is C34H30ClN3O3. The van der Waals surface area contributed by atoms with Crippen molar-refractivity contribution in [3.63, 3.8) is 0 Å².